The van der Waals surface area contributed by atoms with Crippen LogP contribution < -0.4 is 5.32 Å². The Balaban J connectivity index is 2.73. The topological polar surface area (TPSA) is 49.4 Å². The van der Waals surface area contributed by atoms with Gasteiger partial charge in [-0.05, 0) is 32.1 Å². The van der Waals surface area contributed by atoms with Gasteiger partial charge in [-0.25, -0.2) is 0 Å². The molecule has 4 nitrogen and oxygen atoms in total. The minimum atomic E-state index is -0.0531. The van der Waals surface area contributed by atoms with Crippen molar-refractivity contribution in [3.8, 4) is 0 Å². The molecule has 17 heavy (non-hydrogen) atoms. The van der Waals surface area contributed by atoms with Crippen molar-refractivity contribution in [3.05, 3.63) is 0 Å². The molecule has 1 aliphatic rings. The van der Waals surface area contributed by atoms with Gasteiger partial charge in [-0.1, -0.05) is 13.8 Å². The molecule has 0 aromatic rings. The highest BCUT2D eigenvalue weighted by Gasteiger charge is 2.35. The van der Waals surface area contributed by atoms with Gasteiger partial charge in [0.2, 0.25) is 12.3 Å². The zero-order valence-corrected chi connectivity index (χ0v) is 11.1. The van der Waals surface area contributed by atoms with E-state index in [4.69, 9.17) is 0 Å². The summed E-state index contributed by atoms with van der Waals surface area (Å²) >= 11 is 0. The van der Waals surface area contributed by atoms with Crippen LogP contribution >= 0.6 is 0 Å². The molecule has 2 atom stereocenters. The number of nitrogens with one attached hydrogen (secondary N) is 1. The van der Waals surface area contributed by atoms with Gasteiger partial charge in [-0.2, -0.15) is 0 Å². The summed E-state index contributed by atoms with van der Waals surface area (Å²) in [7, 11) is 0. The number of carbonyl (C=O) groups is 2. The second kappa shape index (κ2) is 6.62. The first-order chi connectivity index (χ1) is 8.10. The van der Waals surface area contributed by atoms with Crippen LogP contribution in [0.15, 0.2) is 0 Å². The van der Waals surface area contributed by atoms with Crippen LogP contribution in [0.3, 0.4) is 0 Å². The molecule has 0 aromatic heterocycles. The van der Waals surface area contributed by atoms with Crippen molar-refractivity contribution in [1.29, 1.82) is 0 Å². The molecule has 1 heterocycles. The van der Waals surface area contributed by atoms with Crippen molar-refractivity contribution in [3.63, 3.8) is 0 Å². The Morgan fingerprint density at radius 3 is 2.76 bits per heavy atom. The van der Waals surface area contributed by atoms with Crippen molar-refractivity contribution in [2.24, 2.45) is 11.8 Å². The minimum Gasteiger partial charge on any atom is -0.356 e. The number of hydrogen-bond donors (Lipinski definition) is 1. The van der Waals surface area contributed by atoms with E-state index < -0.39 is 0 Å². The maximum Gasteiger partial charge on any atom is 0.225 e. The molecule has 1 saturated heterocycles. The number of likely N-dealkylation sites (tertiary alicyclic amines) is 1. The van der Waals surface area contributed by atoms with Crippen LogP contribution in [0.2, 0.25) is 0 Å². The smallest absolute Gasteiger partial charge is 0.225 e. The van der Waals surface area contributed by atoms with E-state index in [2.05, 4.69) is 19.2 Å². The summed E-state index contributed by atoms with van der Waals surface area (Å²) in [4.78, 5) is 24.8. The summed E-state index contributed by atoms with van der Waals surface area (Å²) in [6.07, 6.45) is 3.70. The molecule has 98 valence electrons. The highest BCUT2D eigenvalue weighted by atomic mass is 16.2. The molecule has 0 bridgehead atoms. The van der Waals surface area contributed by atoms with E-state index in [1.54, 1.807) is 4.90 Å². The van der Waals surface area contributed by atoms with Crippen molar-refractivity contribution in [2.75, 3.05) is 13.1 Å². The lowest BCUT2D eigenvalue weighted by Gasteiger charge is -2.29. The van der Waals surface area contributed by atoms with Crippen LogP contribution in [0.4, 0.5) is 0 Å². The molecule has 0 saturated carbocycles. The van der Waals surface area contributed by atoms with Crippen LogP contribution in [-0.4, -0.2) is 36.3 Å². The van der Waals surface area contributed by atoms with Gasteiger partial charge in [0.05, 0.1) is 5.92 Å². The number of amides is 2. The molecule has 0 aliphatic carbocycles. The van der Waals surface area contributed by atoms with Crippen LogP contribution in [-0.2, 0) is 9.59 Å². The molecule has 4 heteroatoms. The summed E-state index contributed by atoms with van der Waals surface area (Å²) in [5, 5.41) is 2.89. The van der Waals surface area contributed by atoms with Gasteiger partial charge >= 0.3 is 0 Å². The van der Waals surface area contributed by atoms with E-state index in [0.717, 1.165) is 32.2 Å². The first-order valence-corrected chi connectivity index (χ1v) is 6.58. The van der Waals surface area contributed by atoms with Gasteiger partial charge < -0.3 is 10.2 Å². The summed E-state index contributed by atoms with van der Waals surface area (Å²) in [6.45, 7) is 7.61. The summed E-state index contributed by atoms with van der Waals surface area (Å²) in [5.74, 6) is 0.513. The summed E-state index contributed by atoms with van der Waals surface area (Å²) < 4.78 is 0. The third-order valence-corrected chi connectivity index (χ3v) is 3.36. The largest absolute Gasteiger partial charge is 0.356 e. The second-order valence-corrected chi connectivity index (χ2v) is 5.18. The van der Waals surface area contributed by atoms with E-state index in [9.17, 15) is 9.59 Å². The van der Waals surface area contributed by atoms with Crippen molar-refractivity contribution in [1.82, 2.24) is 10.2 Å². The van der Waals surface area contributed by atoms with Crippen LogP contribution in [0.1, 0.15) is 40.0 Å². The van der Waals surface area contributed by atoms with Gasteiger partial charge in [0, 0.05) is 19.1 Å². The second-order valence-electron chi connectivity index (χ2n) is 5.18. The Morgan fingerprint density at radius 1 is 1.53 bits per heavy atom. The first-order valence-electron chi connectivity index (χ1n) is 6.58. The van der Waals surface area contributed by atoms with Gasteiger partial charge in [0.15, 0.2) is 0 Å². The molecule has 0 radical (unpaired) electrons. The SMILES string of the molecule is CCNC(=O)C(CC(C)C)C1CCCN1C=O. The molecule has 1 N–H and O–H groups in total. The minimum absolute atomic E-state index is 0.0531. The van der Waals surface area contributed by atoms with Crippen LogP contribution in [0, 0.1) is 11.8 Å². The Kier molecular flexibility index (Phi) is 5.45. The molecule has 0 aromatic carbocycles. The molecular formula is C13H24N2O2. The fourth-order valence-corrected chi connectivity index (χ4v) is 2.63. The zero-order chi connectivity index (χ0) is 12.8. The van der Waals surface area contributed by atoms with E-state index in [1.807, 2.05) is 6.92 Å². The van der Waals surface area contributed by atoms with E-state index >= 15 is 0 Å². The number of nitrogens with zero attached hydrogens (tertiary/aromatic N) is 1. The standard InChI is InChI=1S/C13H24N2O2/c1-4-14-13(17)11(8-10(2)3)12-6-5-7-15(12)9-16/h9-12H,4-8H2,1-3H3,(H,14,17). The van der Waals surface area contributed by atoms with E-state index in [0.29, 0.717) is 12.5 Å². The molecule has 1 rings (SSSR count). The zero-order valence-electron chi connectivity index (χ0n) is 11.1. The number of rotatable bonds is 6. The van der Waals surface area contributed by atoms with Crippen LogP contribution in [0.5, 0.6) is 0 Å². The molecule has 1 aliphatic heterocycles. The predicted octanol–water partition coefficient (Wildman–Crippen LogP) is 1.41. The lowest BCUT2D eigenvalue weighted by Crippen LogP contribution is -2.44. The molecular weight excluding hydrogens is 216 g/mol. The fraction of sp³-hybridized carbons (Fsp3) is 0.846. The Labute approximate surface area is 104 Å². The normalized spacial score (nSPS) is 21.6. The lowest BCUT2D eigenvalue weighted by atomic mass is 9.88. The van der Waals surface area contributed by atoms with Crippen LogP contribution in [0.25, 0.3) is 0 Å². The maximum absolute atomic E-state index is 12.1. The first kappa shape index (κ1) is 14.0. The Hall–Kier alpha value is -1.06. The van der Waals surface area contributed by atoms with Gasteiger partial charge in [0.25, 0.3) is 0 Å². The Morgan fingerprint density at radius 2 is 2.24 bits per heavy atom. The lowest BCUT2D eigenvalue weighted by molar-refractivity contribution is -0.129. The number of hydrogen-bond acceptors (Lipinski definition) is 2. The fourth-order valence-electron chi connectivity index (χ4n) is 2.63. The third kappa shape index (κ3) is 3.72. The molecule has 2 unspecified atom stereocenters. The third-order valence-electron chi connectivity index (χ3n) is 3.36. The van der Waals surface area contributed by atoms with E-state index in [-0.39, 0.29) is 17.9 Å². The molecule has 2 amide bonds. The average Bonchev–Trinajstić information content (AvgIpc) is 2.73. The predicted molar refractivity (Wildman–Crippen MR) is 67.4 cm³/mol. The highest BCUT2D eigenvalue weighted by Crippen LogP contribution is 2.27. The maximum atomic E-state index is 12.1. The molecule has 1 fully saturated rings. The van der Waals surface area contributed by atoms with Crippen molar-refractivity contribution in [2.45, 2.75) is 46.1 Å². The average molecular weight is 240 g/mol. The van der Waals surface area contributed by atoms with Gasteiger partial charge in [0.1, 0.15) is 0 Å². The number of carbonyl (C=O) groups excluding carboxylic acids is 2. The highest BCUT2D eigenvalue weighted by molar-refractivity contribution is 5.79. The van der Waals surface area contributed by atoms with E-state index in [1.165, 1.54) is 0 Å². The van der Waals surface area contributed by atoms with Crippen molar-refractivity contribution < 1.29 is 9.59 Å². The monoisotopic (exact) mass is 240 g/mol. The van der Waals surface area contributed by atoms with Gasteiger partial charge in [-0.3, -0.25) is 9.59 Å². The summed E-state index contributed by atoms with van der Waals surface area (Å²) in [6, 6.07) is 0.0986. The summed E-state index contributed by atoms with van der Waals surface area (Å²) in [5.41, 5.74) is 0. The quantitative estimate of drug-likeness (QED) is 0.714. The Bertz CT molecular complexity index is 266. The molecule has 0 spiro atoms. The van der Waals surface area contributed by atoms with Gasteiger partial charge in [-0.15, -0.1) is 0 Å². The van der Waals surface area contributed by atoms with Crippen molar-refractivity contribution >= 4 is 12.3 Å².